The molecule has 0 saturated heterocycles. The number of nitrogens with one attached hydrogen (secondary N) is 1. The van der Waals surface area contributed by atoms with Gasteiger partial charge in [0.05, 0.1) is 5.92 Å². The smallest absolute Gasteiger partial charge is 0.309 e. The van der Waals surface area contributed by atoms with E-state index in [0.29, 0.717) is 29.6 Å². The van der Waals surface area contributed by atoms with Crippen molar-refractivity contribution in [3.05, 3.63) is 23.3 Å². The van der Waals surface area contributed by atoms with Crippen LogP contribution in [0.25, 0.3) is 0 Å². The van der Waals surface area contributed by atoms with Crippen LogP contribution in [0.4, 0.5) is 0 Å². The topological polar surface area (TPSA) is 55.4 Å². The average Bonchev–Trinajstić information content (AvgIpc) is 3.28. The number of esters is 1. The van der Waals surface area contributed by atoms with Crippen molar-refractivity contribution in [2.75, 3.05) is 7.05 Å². The van der Waals surface area contributed by atoms with Gasteiger partial charge >= 0.3 is 5.97 Å². The van der Waals surface area contributed by atoms with Crippen molar-refractivity contribution >= 4 is 12.3 Å². The summed E-state index contributed by atoms with van der Waals surface area (Å²) >= 11 is 0. The predicted octanol–water partition coefficient (Wildman–Crippen LogP) is 8.55. The lowest BCUT2D eigenvalue weighted by Gasteiger charge is -2.65. The lowest BCUT2D eigenvalue weighted by molar-refractivity contribution is -0.200. The SMILES string of the molecule is C=C1CC2(C(C)(C)NC)CCC3C(CCC4C3CCC3C(C)(C)C(OC(=O)C5CC(C=O)C5C)CCC43C)C2=C1C(C)C. The fourth-order valence-corrected chi connectivity index (χ4v) is 12.7. The molecule has 0 aliphatic heterocycles. The number of carbonyl (C=O) groups is 2. The average molecular weight is 592 g/mol. The van der Waals surface area contributed by atoms with E-state index in [4.69, 9.17) is 11.3 Å². The van der Waals surface area contributed by atoms with E-state index >= 15 is 0 Å². The van der Waals surface area contributed by atoms with Gasteiger partial charge in [-0.2, -0.15) is 0 Å². The maximum Gasteiger partial charge on any atom is 0.309 e. The third kappa shape index (κ3) is 4.37. The first-order valence-electron chi connectivity index (χ1n) is 17.9. The van der Waals surface area contributed by atoms with Crippen molar-refractivity contribution in [1.82, 2.24) is 5.32 Å². The van der Waals surface area contributed by atoms with Crippen LogP contribution in [0.15, 0.2) is 23.3 Å². The standard InChI is InChI=1S/C39H61NO3/c1-22(2)33-23(3)20-39(37(7,8)40-10)18-15-26-27-12-14-31-36(5,6)32(43-35(42)29-19-25(21-41)24(29)4)16-17-38(31,9)30(27)13-11-28(26)34(33)39/h21-22,24-32,40H,3,11-20H2,1-2,4-10H3. The minimum Gasteiger partial charge on any atom is -0.462 e. The van der Waals surface area contributed by atoms with Crippen LogP contribution in [0, 0.1) is 69.5 Å². The zero-order valence-corrected chi connectivity index (χ0v) is 28.9. The van der Waals surface area contributed by atoms with Crippen molar-refractivity contribution in [3.63, 3.8) is 0 Å². The lowest BCUT2D eigenvalue weighted by Crippen LogP contribution is -2.61. The monoisotopic (exact) mass is 591 g/mol. The Hall–Kier alpha value is -1.42. The fraction of sp³-hybridized carbons (Fsp3) is 0.846. The number of fused-ring (bicyclic) bond motifs is 7. The Morgan fingerprint density at radius 2 is 1.77 bits per heavy atom. The molecule has 1 N–H and O–H groups in total. The van der Waals surface area contributed by atoms with Gasteiger partial charge in [0.1, 0.15) is 12.4 Å². The maximum atomic E-state index is 13.2. The Kier molecular flexibility index (Phi) is 7.75. The van der Waals surface area contributed by atoms with Crippen LogP contribution in [0.2, 0.25) is 0 Å². The van der Waals surface area contributed by atoms with Gasteiger partial charge in [-0.3, -0.25) is 4.79 Å². The zero-order valence-electron chi connectivity index (χ0n) is 28.9. The molecule has 0 aromatic rings. The van der Waals surface area contributed by atoms with Gasteiger partial charge in [0.2, 0.25) is 0 Å². The summed E-state index contributed by atoms with van der Waals surface area (Å²) in [5.41, 5.74) is 5.38. The van der Waals surface area contributed by atoms with Gasteiger partial charge in [0.15, 0.2) is 0 Å². The molecule has 4 nitrogen and oxygen atoms in total. The van der Waals surface area contributed by atoms with Crippen molar-refractivity contribution < 1.29 is 14.3 Å². The number of rotatable bonds is 6. The largest absolute Gasteiger partial charge is 0.462 e. The summed E-state index contributed by atoms with van der Waals surface area (Å²) in [6, 6.07) is 0. The first-order valence-corrected chi connectivity index (χ1v) is 17.9. The molecule has 6 aliphatic carbocycles. The van der Waals surface area contributed by atoms with Crippen LogP contribution in [0.1, 0.15) is 120 Å². The number of aldehydes is 1. The zero-order chi connectivity index (χ0) is 31.3. The molecule has 0 radical (unpaired) electrons. The van der Waals surface area contributed by atoms with Crippen molar-refractivity contribution in [3.8, 4) is 0 Å². The highest BCUT2D eigenvalue weighted by Crippen LogP contribution is 2.71. The molecule has 6 aliphatic rings. The fourth-order valence-electron chi connectivity index (χ4n) is 12.7. The molecule has 0 spiro atoms. The first-order chi connectivity index (χ1) is 20.1. The molecule has 4 heteroatoms. The summed E-state index contributed by atoms with van der Waals surface area (Å²) < 4.78 is 6.36. The molecule has 5 fully saturated rings. The highest BCUT2D eigenvalue weighted by Gasteiger charge is 2.64. The summed E-state index contributed by atoms with van der Waals surface area (Å²) in [7, 11) is 2.16. The van der Waals surface area contributed by atoms with E-state index in [1.165, 1.54) is 50.5 Å². The molecular weight excluding hydrogens is 530 g/mol. The van der Waals surface area contributed by atoms with Crippen LogP contribution < -0.4 is 5.32 Å². The van der Waals surface area contributed by atoms with Crippen LogP contribution in [0.3, 0.4) is 0 Å². The van der Waals surface area contributed by atoms with Crippen molar-refractivity contribution in [2.45, 2.75) is 131 Å². The van der Waals surface area contributed by atoms with Gasteiger partial charge < -0.3 is 14.8 Å². The summed E-state index contributed by atoms with van der Waals surface area (Å²) in [5, 5.41) is 3.77. The van der Waals surface area contributed by atoms with Crippen LogP contribution in [0.5, 0.6) is 0 Å². The van der Waals surface area contributed by atoms with Crippen LogP contribution >= 0.6 is 0 Å². The molecule has 11 unspecified atom stereocenters. The summed E-state index contributed by atoms with van der Waals surface area (Å²) in [6.45, 7) is 23.8. The number of carbonyl (C=O) groups excluding carboxylic acids is 2. The van der Waals surface area contributed by atoms with Crippen molar-refractivity contribution in [2.24, 2.45) is 69.5 Å². The Labute approximate surface area is 262 Å². The van der Waals surface area contributed by atoms with Gasteiger partial charge in [-0.25, -0.2) is 0 Å². The minimum absolute atomic E-state index is 0.0178. The van der Waals surface area contributed by atoms with Gasteiger partial charge in [0.25, 0.3) is 0 Å². The van der Waals surface area contributed by atoms with E-state index in [-0.39, 0.29) is 46.2 Å². The minimum atomic E-state index is -0.103. The second kappa shape index (κ2) is 10.6. The second-order valence-corrected chi connectivity index (χ2v) is 17.8. The number of ether oxygens (including phenoxy) is 1. The normalized spacial score (nSPS) is 45.4. The summed E-state index contributed by atoms with van der Waals surface area (Å²) in [5.74, 6) is 4.15. The van der Waals surface area contributed by atoms with Crippen LogP contribution in [-0.2, 0) is 14.3 Å². The highest BCUT2D eigenvalue weighted by atomic mass is 16.5. The first kappa shape index (κ1) is 31.6. The molecule has 0 bridgehead atoms. The molecule has 0 aromatic carbocycles. The van der Waals surface area contributed by atoms with E-state index in [9.17, 15) is 9.59 Å². The molecular formula is C39H61NO3. The highest BCUT2D eigenvalue weighted by molar-refractivity contribution is 5.76. The predicted molar refractivity (Wildman–Crippen MR) is 174 cm³/mol. The molecule has 11 atom stereocenters. The van der Waals surface area contributed by atoms with Gasteiger partial charge in [-0.1, -0.05) is 59.3 Å². The molecule has 6 rings (SSSR count). The maximum absolute atomic E-state index is 13.2. The number of allylic oxidation sites excluding steroid dienone is 2. The molecule has 240 valence electrons. The second-order valence-electron chi connectivity index (χ2n) is 17.8. The molecule has 0 amide bonds. The number of hydrogen-bond donors (Lipinski definition) is 1. The lowest BCUT2D eigenvalue weighted by atomic mass is 9.40. The molecule has 5 saturated carbocycles. The Morgan fingerprint density at radius 1 is 1.05 bits per heavy atom. The van der Waals surface area contributed by atoms with E-state index in [1.807, 2.05) is 12.5 Å². The number of hydrogen-bond acceptors (Lipinski definition) is 4. The Morgan fingerprint density at radius 3 is 2.40 bits per heavy atom. The van der Waals surface area contributed by atoms with E-state index in [1.54, 1.807) is 5.57 Å². The third-order valence-electron chi connectivity index (χ3n) is 15.4. The summed E-state index contributed by atoms with van der Waals surface area (Å²) in [4.78, 5) is 24.5. The van der Waals surface area contributed by atoms with E-state index < -0.39 is 0 Å². The summed E-state index contributed by atoms with van der Waals surface area (Å²) in [6.07, 6.45) is 12.8. The Balaban J connectivity index is 1.24. The molecule has 0 heterocycles. The van der Waals surface area contributed by atoms with E-state index in [2.05, 4.69) is 60.8 Å². The van der Waals surface area contributed by atoms with Crippen LogP contribution in [-0.4, -0.2) is 30.9 Å². The molecule has 0 aromatic heterocycles. The molecule has 43 heavy (non-hydrogen) atoms. The van der Waals surface area contributed by atoms with E-state index in [0.717, 1.165) is 36.9 Å². The van der Waals surface area contributed by atoms with Gasteiger partial charge in [-0.05, 0) is 138 Å². The van der Waals surface area contributed by atoms with Gasteiger partial charge in [-0.15, -0.1) is 0 Å². The third-order valence-corrected chi connectivity index (χ3v) is 15.4. The van der Waals surface area contributed by atoms with Gasteiger partial charge in [0, 0.05) is 22.3 Å². The quantitative estimate of drug-likeness (QED) is 0.248. The van der Waals surface area contributed by atoms with Crippen molar-refractivity contribution in [1.29, 1.82) is 0 Å². The Bertz CT molecular complexity index is 1190.